The third-order valence-corrected chi connectivity index (χ3v) is 3.73. The lowest BCUT2D eigenvalue weighted by atomic mass is 10.3. The summed E-state index contributed by atoms with van der Waals surface area (Å²) in [6.07, 6.45) is 1.95. The lowest BCUT2D eigenvalue weighted by Gasteiger charge is -2.11. The summed E-state index contributed by atoms with van der Waals surface area (Å²) in [5, 5.41) is 11.1. The smallest absolute Gasteiger partial charge is 0.191 e. The van der Waals surface area contributed by atoms with Crippen LogP contribution in [-0.2, 0) is 6.54 Å². The van der Waals surface area contributed by atoms with Crippen LogP contribution in [0.3, 0.4) is 0 Å². The normalized spacial score (nSPS) is 10.8. The Hall–Kier alpha value is -2.55. The van der Waals surface area contributed by atoms with Crippen LogP contribution in [0.4, 0.5) is 0 Å². The summed E-state index contributed by atoms with van der Waals surface area (Å²) in [5.41, 5.74) is 1.98. The molecule has 2 N–H and O–H groups in total. The Balaban J connectivity index is 0.00000261. The van der Waals surface area contributed by atoms with E-state index in [-0.39, 0.29) is 24.0 Å². The molecule has 0 saturated carbocycles. The second kappa shape index (κ2) is 11.2. The Bertz CT molecular complexity index is 821. The van der Waals surface area contributed by atoms with Crippen LogP contribution in [-0.4, -0.2) is 35.9 Å². The zero-order valence-corrected chi connectivity index (χ0v) is 17.5. The van der Waals surface area contributed by atoms with Crippen LogP contribution in [0, 0.1) is 0 Å². The molecule has 0 saturated heterocycles. The molecular weight excluding hydrogens is 453 g/mol. The Kier molecular flexibility index (Phi) is 8.63. The van der Waals surface area contributed by atoms with Crippen LogP contribution in [0.25, 0.3) is 5.69 Å². The number of hydrogen-bond donors (Lipinski definition) is 2. The van der Waals surface area contributed by atoms with E-state index in [0.717, 1.165) is 23.1 Å². The highest BCUT2D eigenvalue weighted by atomic mass is 127. The molecule has 6 nitrogen and oxygen atoms in total. The molecule has 0 aliphatic heterocycles. The topological polar surface area (TPSA) is 63.5 Å². The summed E-state index contributed by atoms with van der Waals surface area (Å²) >= 11 is 0. The van der Waals surface area contributed by atoms with Crippen molar-refractivity contribution in [2.24, 2.45) is 4.99 Å². The molecule has 0 bridgehead atoms. The molecule has 0 atom stereocenters. The van der Waals surface area contributed by atoms with Crippen LogP contribution >= 0.6 is 24.0 Å². The summed E-state index contributed by atoms with van der Waals surface area (Å²) in [6.45, 7) is 1.82. The molecule has 0 unspecified atom stereocenters. The first kappa shape index (κ1) is 20.8. The number of hydrogen-bond acceptors (Lipinski definition) is 3. The highest BCUT2D eigenvalue weighted by molar-refractivity contribution is 14.0. The van der Waals surface area contributed by atoms with Crippen molar-refractivity contribution in [3.05, 3.63) is 78.6 Å². The van der Waals surface area contributed by atoms with Crippen LogP contribution in [0.1, 0.15) is 5.69 Å². The number of nitrogens with zero attached hydrogens (tertiary/aromatic N) is 3. The number of guanidine groups is 1. The van der Waals surface area contributed by atoms with E-state index in [4.69, 9.17) is 4.74 Å². The van der Waals surface area contributed by atoms with Gasteiger partial charge in [-0.3, -0.25) is 4.99 Å². The maximum Gasteiger partial charge on any atom is 0.191 e. The van der Waals surface area contributed by atoms with Gasteiger partial charge in [0.15, 0.2) is 5.96 Å². The molecule has 2 aromatic carbocycles. The summed E-state index contributed by atoms with van der Waals surface area (Å²) in [4.78, 5) is 4.22. The minimum Gasteiger partial charge on any atom is -0.492 e. The summed E-state index contributed by atoms with van der Waals surface area (Å²) in [5.74, 6) is 1.58. The first-order valence-corrected chi connectivity index (χ1v) is 8.57. The molecule has 3 rings (SSSR count). The fraction of sp³-hybridized carbons (Fsp3) is 0.200. The largest absolute Gasteiger partial charge is 0.492 e. The van der Waals surface area contributed by atoms with Gasteiger partial charge in [0.25, 0.3) is 0 Å². The molecule has 0 fully saturated rings. The second-order valence-corrected chi connectivity index (χ2v) is 5.60. The highest BCUT2D eigenvalue weighted by Gasteiger charge is 2.03. The van der Waals surface area contributed by atoms with E-state index in [1.807, 2.05) is 77.6 Å². The van der Waals surface area contributed by atoms with Gasteiger partial charge in [-0.1, -0.05) is 36.4 Å². The van der Waals surface area contributed by atoms with Gasteiger partial charge in [0, 0.05) is 13.2 Å². The number of aromatic nitrogens is 2. The van der Waals surface area contributed by atoms with Gasteiger partial charge in [-0.05, 0) is 30.3 Å². The zero-order chi connectivity index (χ0) is 18.0. The molecule has 0 spiro atoms. The van der Waals surface area contributed by atoms with Crippen LogP contribution in [0.15, 0.2) is 77.9 Å². The van der Waals surface area contributed by atoms with Gasteiger partial charge in [0.2, 0.25) is 0 Å². The molecule has 142 valence electrons. The van der Waals surface area contributed by atoms with Gasteiger partial charge in [0.05, 0.1) is 24.5 Å². The Morgan fingerprint density at radius 2 is 1.70 bits per heavy atom. The fourth-order valence-corrected chi connectivity index (χ4v) is 2.43. The SMILES string of the molecule is CN=C(NCCOc1ccccc1)NCc1ccn(-c2ccccc2)n1.I. The molecule has 27 heavy (non-hydrogen) atoms. The van der Waals surface area contributed by atoms with E-state index in [0.29, 0.717) is 19.7 Å². The zero-order valence-electron chi connectivity index (χ0n) is 15.2. The maximum atomic E-state index is 5.66. The first-order valence-electron chi connectivity index (χ1n) is 8.57. The van der Waals surface area contributed by atoms with Crippen molar-refractivity contribution in [2.75, 3.05) is 20.2 Å². The van der Waals surface area contributed by atoms with Gasteiger partial charge >= 0.3 is 0 Å². The summed E-state index contributed by atoms with van der Waals surface area (Å²) < 4.78 is 7.52. The second-order valence-electron chi connectivity index (χ2n) is 5.60. The monoisotopic (exact) mass is 477 g/mol. The molecule has 1 heterocycles. The van der Waals surface area contributed by atoms with Crippen molar-refractivity contribution in [1.29, 1.82) is 0 Å². The van der Waals surface area contributed by atoms with Crippen molar-refractivity contribution in [2.45, 2.75) is 6.54 Å². The average Bonchev–Trinajstić information content (AvgIpc) is 3.18. The van der Waals surface area contributed by atoms with Gasteiger partial charge < -0.3 is 15.4 Å². The third kappa shape index (κ3) is 6.59. The minimum absolute atomic E-state index is 0. The van der Waals surface area contributed by atoms with E-state index in [1.54, 1.807) is 7.05 Å². The number of aliphatic imine (C=N–C) groups is 1. The quantitative estimate of drug-likeness (QED) is 0.238. The lowest BCUT2D eigenvalue weighted by molar-refractivity contribution is 0.322. The Labute approximate surface area is 176 Å². The maximum absolute atomic E-state index is 5.66. The Morgan fingerprint density at radius 1 is 1.00 bits per heavy atom. The van der Waals surface area contributed by atoms with Crippen molar-refractivity contribution in [3.63, 3.8) is 0 Å². The van der Waals surface area contributed by atoms with Crippen molar-refractivity contribution < 1.29 is 4.74 Å². The van der Waals surface area contributed by atoms with Gasteiger partial charge in [-0.2, -0.15) is 5.10 Å². The molecule has 0 radical (unpaired) electrons. The lowest BCUT2D eigenvalue weighted by Crippen LogP contribution is -2.39. The van der Waals surface area contributed by atoms with Gasteiger partial charge in [-0.25, -0.2) is 4.68 Å². The van der Waals surface area contributed by atoms with E-state index in [2.05, 4.69) is 20.7 Å². The molecule has 0 aliphatic carbocycles. The third-order valence-electron chi connectivity index (χ3n) is 3.73. The first-order chi connectivity index (χ1) is 12.8. The molecule has 0 aliphatic rings. The molecular formula is C20H24IN5O. The molecule has 1 aromatic heterocycles. The number of para-hydroxylation sites is 2. The molecule has 0 amide bonds. The highest BCUT2D eigenvalue weighted by Crippen LogP contribution is 2.08. The standard InChI is InChI=1S/C20H23N5O.HI/c1-21-20(22-13-15-26-19-10-6-3-7-11-19)23-16-17-12-14-25(24-17)18-8-4-2-5-9-18;/h2-12,14H,13,15-16H2,1H3,(H2,21,22,23);1H. The Morgan fingerprint density at radius 3 is 2.41 bits per heavy atom. The van der Waals surface area contributed by atoms with E-state index in [9.17, 15) is 0 Å². The van der Waals surface area contributed by atoms with Crippen LogP contribution in [0.2, 0.25) is 0 Å². The summed E-state index contributed by atoms with van der Waals surface area (Å²) in [6, 6.07) is 21.8. The van der Waals surface area contributed by atoms with Crippen molar-refractivity contribution >= 4 is 29.9 Å². The number of benzene rings is 2. The predicted octanol–water partition coefficient (Wildman–Crippen LogP) is 3.23. The molecule has 7 heteroatoms. The predicted molar refractivity (Wildman–Crippen MR) is 119 cm³/mol. The van der Waals surface area contributed by atoms with Crippen LogP contribution < -0.4 is 15.4 Å². The van der Waals surface area contributed by atoms with Gasteiger partial charge in [0.1, 0.15) is 12.4 Å². The molecule has 3 aromatic rings. The van der Waals surface area contributed by atoms with Crippen molar-refractivity contribution in [3.8, 4) is 11.4 Å². The van der Waals surface area contributed by atoms with Crippen LogP contribution in [0.5, 0.6) is 5.75 Å². The average molecular weight is 477 g/mol. The van der Waals surface area contributed by atoms with Crippen molar-refractivity contribution in [1.82, 2.24) is 20.4 Å². The number of ether oxygens (including phenoxy) is 1. The number of rotatable bonds is 7. The fourth-order valence-electron chi connectivity index (χ4n) is 2.43. The number of nitrogens with one attached hydrogen (secondary N) is 2. The van der Waals surface area contributed by atoms with E-state index >= 15 is 0 Å². The van der Waals surface area contributed by atoms with E-state index in [1.165, 1.54) is 0 Å². The number of halogens is 1. The summed E-state index contributed by atoms with van der Waals surface area (Å²) in [7, 11) is 1.75. The van der Waals surface area contributed by atoms with Gasteiger partial charge in [-0.15, -0.1) is 24.0 Å². The van der Waals surface area contributed by atoms with E-state index < -0.39 is 0 Å². The minimum atomic E-state index is 0.